The second-order valence-corrected chi connectivity index (χ2v) is 8.84. The number of benzene rings is 2. The summed E-state index contributed by atoms with van der Waals surface area (Å²) >= 11 is 6.38. The number of nitrogens with one attached hydrogen (secondary N) is 1. The number of ether oxygens (including phenoxy) is 3. The number of nitrogens with zero attached hydrogens (tertiary/aromatic N) is 1. The summed E-state index contributed by atoms with van der Waals surface area (Å²) in [5, 5.41) is 13.1. The minimum atomic E-state index is -1.03. The molecule has 3 aromatic rings. The van der Waals surface area contributed by atoms with E-state index in [2.05, 4.69) is 10.3 Å². The molecule has 2 N–H and O–H groups in total. The summed E-state index contributed by atoms with van der Waals surface area (Å²) in [6, 6.07) is 13.5. The molecule has 0 radical (unpaired) electrons. The average Bonchev–Trinajstić information content (AvgIpc) is 2.84. The maximum atomic E-state index is 12.9. The second kappa shape index (κ2) is 11.8. The van der Waals surface area contributed by atoms with Crippen molar-refractivity contribution in [1.82, 2.24) is 10.3 Å². The normalized spacial score (nSPS) is 13.3. The monoisotopic (exact) mass is 512 g/mol. The highest BCUT2D eigenvalue weighted by molar-refractivity contribution is 6.32. The van der Waals surface area contributed by atoms with E-state index in [9.17, 15) is 14.7 Å². The highest BCUT2D eigenvalue weighted by atomic mass is 35.5. The summed E-state index contributed by atoms with van der Waals surface area (Å²) in [6.45, 7) is 7.07. The third-order valence-electron chi connectivity index (χ3n) is 5.50. The van der Waals surface area contributed by atoms with Crippen LogP contribution in [0.25, 0.3) is 0 Å². The summed E-state index contributed by atoms with van der Waals surface area (Å²) in [6.07, 6.45) is -0.0832. The first-order chi connectivity index (χ1) is 17.1. The van der Waals surface area contributed by atoms with E-state index in [1.54, 1.807) is 19.1 Å². The van der Waals surface area contributed by atoms with Crippen LogP contribution in [0, 0.1) is 13.8 Å². The van der Waals surface area contributed by atoms with Crippen molar-refractivity contribution in [3.63, 3.8) is 0 Å². The molecule has 2 aromatic carbocycles. The van der Waals surface area contributed by atoms with Crippen LogP contribution in [0.5, 0.6) is 17.2 Å². The van der Waals surface area contributed by atoms with Gasteiger partial charge in [0.25, 0.3) is 5.91 Å². The largest absolute Gasteiger partial charge is 0.503 e. The molecule has 0 spiro atoms. The molecule has 0 saturated heterocycles. The van der Waals surface area contributed by atoms with Gasteiger partial charge in [0.2, 0.25) is 0 Å². The zero-order chi connectivity index (χ0) is 26.4. The van der Waals surface area contributed by atoms with Crippen molar-refractivity contribution in [2.45, 2.75) is 45.9 Å². The molecule has 0 aliphatic heterocycles. The first-order valence-electron chi connectivity index (χ1n) is 11.3. The quantitative estimate of drug-likeness (QED) is 0.391. The van der Waals surface area contributed by atoms with Gasteiger partial charge in [-0.25, -0.2) is 9.78 Å². The summed E-state index contributed by atoms with van der Waals surface area (Å²) < 4.78 is 16.9. The molecular formula is C27H29ClN2O6. The molecule has 0 saturated carbocycles. The predicted octanol–water partition coefficient (Wildman–Crippen LogP) is 4.94. The lowest BCUT2D eigenvalue weighted by Gasteiger charge is -2.27. The lowest BCUT2D eigenvalue weighted by molar-refractivity contribution is -0.154. The van der Waals surface area contributed by atoms with Gasteiger partial charge in [-0.1, -0.05) is 47.5 Å². The third-order valence-corrected chi connectivity index (χ3v) is 5.79. The second-order valence-electron chi connectivity index (χ2n) is 8.43. The van der Waals surface area contributed by atoms with Crippen LogP contribution in [0.2, 0.25) is 5.02 Å². The predicted molar refractivity (Wildman–Crippen MR) is 136 cm³/mol. The van der Waals surface area contributed by atoms with Gasteiger partial charge in [-0.2, -0.15) is 0 Å². The van der Waals surface area contributed by atoms with Crippen LogP contribution in [0.15, 0.2) is 54.7 Å². The van der Waals surface area contributed by atoms with Gasteiger partial charge < -0.3 is 24.6 Å². The smallest absolute Gasteiger partial charge is 0.328 e. The van der Waals surface area contributed by atoms with Crippen molar-refractivity contribution < 1.29 is 28.9 Å². The van der Waals surface area contributed by atoms with Gasteiger partial charge >= 0.3 is 5.97 Å². The van der Waals surface area contributed by atoms with E-state index in [0.717, 1.165) is 16.7 Å². The van der Waals surface area contributed by atoms with E-state index >= 15 is 0 Å². The Hall–Kier alpha value is -3.78. The Balaban J connectivity index is 1.75. The molecule has 0 aliphatic carbocycles. The zero-order valence-electron chi connectivity index (χ0n) is 20.7. The molecule has 8 nitrogen and oxygen atoms in total. The van der Waals surface area contributed by atoms with Gasteiger partial charge in [-0.05, 0) is 51.0 Å². The fourth-order valence-electron chi connectivity index (χ4n) is 3.47. The van der Waals surface area contributed by atoms with E-state index in [0.29, 0.717) is 10.8 Å². The maximum Gasteiger partial charge on any atom is 0.328 e. The van der Waals surface area contributed by atoms with Crippen molar-refractivity contribution in [2.75, 3.05) is 7.11 Å². The van der Waals surface area contributed by atoms with Crippen molar-refractivity contribution in [1.29, 1.82) is 0 Å². The lowest BCUT2D eigenvalue weighted by atomic mass is 10.0. The van der Waals surface area contributed by atoms with E-state index in [4.69, 9.17) is 25.8 Å². The minimum absolute atomic E-state index is 0.0897. The Morgan fingerprint density at radius 1 is 1.00 bits per heavy atom. The van der Waals surface area contributed by atoms with Crippen LogP contribution in [0.4, 0.5) is 0 Å². The summed E-state index contributed by atoms with van der Waals surface area (Å²) in [4.78, 5) is 29.3. The Labute approximate surface area is 215 Å². The van der Waals surface area contributed by atoms with E-state index in [1.165, 1.54) is 26.3 Å². The number of aryl methyl sites for hydroxylation is 2. The van der Waals surface area contributed by atoms with Crippen LogP contribution in [0.3, 0.4) is 0 Å². The summed E-state index contributed by atoms with van der Waals surface area (Å²) in [5.41, 5.74) is 2.58. The first kappa shape index (κ1) is 26.8. The number of halogens is 1. The molecule has 0 unspecified atom stereocenters. The van der Waals surface area contributed by atoms with Crippen LogP contribution in [-0.2, 0) is 9.53 Å². The molecule has 1 heterocycles. The zero-order valence-corrected chi connectivity index (χ0v) is 21.5. The molecule has 1 aromatic heterocycles. The minimum Gasteiger partial charge on any atom is -0.503 e. The molecule has 9 heteroatoms. The van der Waals surface area contributed by atoms with Crippen LogP contribution >= 0.6 is 11.6 Å². The highest BCUT2D eigenvalue weighted by Gasteiger charge is 2.29. The fourth-order valence-corrected chi connectivity index (χ4v) is 3.75. The molecule has 190 valence electrons. The Morgan fingerprint density at radius 3 is 2.31 bits per heavy atom. The van der Waals surface area contributed by atoms with Gasteiger partial charge in [-0.15, -0.1) is 0 Å². The van der Waals surface area contributed by atoms with E-state index in [1.807, 2.05) is 44.2 Å². The summed E-state index contributed by atoms with van der Waals surface area (Å²) in [7, 11) is 1.36. The molecule has 0 aliphatic rings. The Morgan fingerprint density at radius 2 is 1.67 bits per heavy atom. The SMILES string of the molecule is COc1ccnc(C(=O)N[C@@H](C)C(=O)O[C@@H](C)[C@H](Oc2ccc(C)cc2Cl)c2ccc(C)cc2)c1O. The van der Waals surface area contributed by atoms with Crippen LogP contribution in [0.1, 0.15) is 47.1 Å². The average molecular weight is 513 g/mol. The number of methoxy groups -OCH3 is 1. The number of rotatable bonds is 9. The standard InChI is InChI=1S/C27H29ClN2O6/c1-15-6-9-19(10-7-15)25(36-21-11-8-16(2)14-20(21)28)18(4)35-27(33)17(3)30-26(32)23-24(31)22(34-5)12-13-29-23/h6-14,17-18,25,31H,1-5H3,(H,30,32)/t17-,18-,25-/m0/s1. The van der Waals surface area contributed by atoms with Crippen molar-refractivity contribution in [2.24, 2.45) is 0 Å². The van der Waals surface area contributed by atoms with Crippen LogP contribution < -0.4 is 14.8 Å². The number of esters is 1. The van der Waals surface area contributed by atoms with E-state index in [-0.39, 0.29) is 11.4 Å². The summed E-state index contributed by atoms with van der Waals surface area (Å²) in [5.74, 6) is -1.31. The van der Waals surface area contributed by atoms with Gasteiger partial charge in [0.1, 0.15) is 17.9 Å². The first-order valence-corrected chi connectivity index (χ1v) is 11.7. The van der Waals surface area contributed by atoms with Gasteiger partial charge in [0.15, 0.2) is 23.3 Å². The van der Waals surface area contributed by atoms with Crippen molar-refractivity contribution >= 4 is 23.5 Å². The number of carbonyl (C=O) groups excluding carboxylic acids is 2. The number of aromatic hydroxyl groups is 1. The molecule has 3 atom stereocenters. The van der Waals surface area contributed by atoms with Crippen LogP contribution in [-0.4, -0.2) is 41.2 Å². The molecule has 0 bridgehead atoms. The molecular weight excluding hydrogens is 484 g/mol. The maximum absolute atomic E-state index is 12.9. The number of hydrogen-bond acceptors (Lipinski definition) is 7. The number of aromatic nitrogens is 1. The molecule has 3 rings (SSSR count). The molecule has 0 fully saturated rings. The van der Waals surface area contributed by atoms with Gasteiger partial charge in [0, 0.05) is 12.3 Å². The van der Waals surface area contributed by atoms with Crippen molar-refractivity contribution in [3.8, 4) is 17.2 Å². The number of carbonyl (C=O) groups is 2. The fraction of sp³-hybridized carbons (Fsp3) is 0.296. The molecule has 1 amide bonds. The van der Waals surface area contributed by atoms with Gasteiger partial charge in [-0.3, -0.25) is 4.79 Å². The van der Waals surface area contributed by atoms with Gasteiger partial charge in [0.05, 0.1) is 12.1 Å². The van der Waals surface area contributed by atoms with Crippen molar-refractivity contribution in [3.05, 3.63) is 82.1 Å². The lowest BCUT2D eigenvalue weighted by Crippen LogP contribution is -2.42. The third kappa shape index (κ3) is 6.46. The Kier molecular flexibility index (Phi) is 8.77. The number of pyridine rings is 1. The molecule has 36 heavy (non-hydrogen) atoms. The number of amides is 1. The Bertz CT molecular complexity index is 1230. The van der Waals surface area contributed by atoms with E-state index < -0.39 is 35.9 Å². The highest BCUT2D eigenvalue weighted by Crippen LogP contribution is 2.33. The topological polar surface area (TPSA) is 107 Å². The number of hydrogen-bond donors (Lipinski definition) is 2.